The number of ether oxygens (including phenoxy) is 2. The van der Waals surface area contributed by atoms with E-state index in [1.165, 1.54) is 4.90 Å². The maximum absolute atomic E-state index is 12.1. The Kier molecular flexibility index (Phi) is 7.49. The first-order valence-electron chi connectivity index (χ1n) is 8.05. The maximum atomic E-state index is 12.1. The molecule has 0 heterocycles. The molecule has 0 saturated carbocycles. The molecule has 5 nitrogen and oxygen atoms in total. The number of carbonyl (C=O) groups is 2. The average Bonchev–Trinajstić information content (AvgIpc) is 2.46. The van der Waals surface area contributed by atoms with Crippen LogP contribution in [0.4, 0.5) is 4.79 Å². The van der Waals surface area contributed by atoms with E-state index >= 15 is 0 Å². The van der Waals surface area contributed by atoms with E-state index in [1.807, 2.05) is 57.2 Å². The SMILES string of the molecule is CCOC(=O)C/C(=C\c1ccccc1)CN(C)C(=O)OC(C)(C)C. The van der Waals surface area contributed by atoms with Gasteiger partial charge in [-0.25, -0.2) is 4.79 Å². The van der Waals surface area contributed by atoms with Crippen LogP contribution in [0.25, 0.3) is 6.08 Å². The lowest BCUT2D eigenvalue weighted by atomic mass is 10.1. The van der Waals surface area contributed by atoms with E-state index in [4.69, 9.17) is 9.47 Å². The zero-order valence-electron chi connectivity index (χ0n) is 15.2. The summed E-state index contributed by atoms with van der Waals surface area (Å²) in [5.41, 5.74) is 1.19. The summed E-state index contributed by atoms with van der Waals surface area (Å²) in [4.78, 5) is 25.4. The molecule has 0 radical (unpaired) electrons. The van der Waals surface area contributed by atoms with Gasteiger partial charge in [0.1, 0.15) is 5.60 Å². The first-order chi connectivity index (χ1) is 11.2. The number of carbonyl (C=O) groups excluding carboxylic acids is 2. The van der Waals surface area contributed by atoms with Crippen molar-refractivity contribution in [3.8, 4) is 0 Å². The molecule has 0 aliphatic rings. The van der Waals surface area contributed by atoms with Crippen molar-refractivity contribution in [3.63, 3.8) is 0 Å². The topological polar surface area (TPSA) is 55.8 Å². The largest absolute Gasteiger partial charge is 0.466 e. The molecule has 0 saturated heterocycles. The lowest BCUT2D eigenvalue weighted by molar-refractivity contribution is -0.142. The van der Waals surface area contributed by atoms with Gasteiger partial charge in [-0.3, -0.25) is 4.79 Å². The summed E-state index contributed by atoms with van der Waals surface area (Å²) in [5, 5.41) is 0. The van der Waals surface area contributed by atoms with Gasteiger partial charge in [0.15, 0.2) is 0 Å². The van der Waals surface area contributed by atoms with E-state index < -0.39 is 11.7 Å². The summed E-state index contributed by atoms with van der Waals surface area (Å²) in [6.45, 7) is 7.85. The molecular formula is C19H27NO4. The fraction of sp³-hybridized carbons (Fsp3) is 0.474. The van der Waals surface area contributed by atoms with Gasteiger partial charge in [-0.1, -0.05) is 36.4 Å². The van der Waals surface area contributed by atoms with E-state index in [9.17, 15) is 9.59 Å². The quantitative estimate of drug-likeness (QED) is 0.741. The fourth-order valence-corrected chi connectivity index (χ4v) is 2.04. The molecule has 0 aromatic heterocycles. The molecule has 1 aromatic carbocycles. The van der Waals surface area contributed by atoms with E-state index in [0.717, 1.165) is 11.1 Å². The number of amides is 1. The molecular weight excluding hydrogens is 306 g/mol. The van der Waals surface area contributed by atoms with Crippen molar-refractivity contribution in [2.45, 2.75) is 39.7 Å². The molecule has 0 N–H and O–H groups in total. The molecule has 0 aliphatic heterocycles. The molecule has 0 atom stereocenters. The molecule has 0 aliphatic carbocycles. The van der Waals surface area contributed by atoms with Gasteiger partial charge < -0.3 is 14.4 Å². The molecule has 0 fully saturated rings. The Labute approximate surface area is 144 Å². The van der Waals surface area contributed by atoms with Gasteiger partial charge in [-0.2, -0.15) is 0 Å². The minimum absolute atomic E-state index is 0.135. The van der Waals surface area contributed by atoms with Crippen LogP contribution in [0.5, 0.6) is 0 Å². The van der Waals surface area contributed by atoms with Gasteiger partial charge in [0.2, 0.25) is 0 Å². The molecule has 1 rings (SSSR count). The average molecular weight is 333 g/mol. The van der Waals surface area contributed by atoms with Gasteiger partial charge in [0.05, 0.1) is 13.0 Å². The number of likely N-dealkylation sites (N-methyl/N-ethyl adjacent to an activating group) is 1. The lowest BCUT2D eigenvalue weighted by Crippen LogP contribution is -2.35. The monoisotopic (exact) mass is 333 g/mol. The first kappa shape index (κ1) is 19.7. The highest BCUT2D eigenvalue weighted by molar-refractivity contribution is 5.76. The molecule has 0 bridgehead atoms. The number of rotatable bonds is 6. The van der Waals surface area contributed by atoms with Crippen molar-refractivity contribution in [3.05, 3.63) is 41.5 Å². The van der Waals surface area contributed by atoms with Gasteiger partial charge in [0.25, 0.3) is 0 Å². The van der Waals surface area contributed by atoms with Crippen LogP contribution in [0.15, 0.2) is 35.9 Å². The second-order valence-electron chi connectivity index (χ2n) is 6.53. The zero-order valence-corrected chi connectivity index (χ0v) is 15.2. The number of hydrogen-bond acceptors (Lipinski definition) is 4. The van der Waals surface area contributed by atoms with Gasteiger partial charge in [0, 0.05) is 13.6 Å². The lowest BCUT2D eigenvalue weighted by Gasteiger charge is -2.25. The fourth-order valence-electron chi connectivity index (χ4n) is 2.04. The molecule has 5 heteroatoms. The summed E-state index contributed by atoms with van der Waals surface area (Å²) in [6, 6.07) is 9.66. The summed E-state index contributed by atoms with van der Waals surface area (Å²) in [6.07, 6.45) is 1.61. The Morgan fingerprint density at radius 1 is 1.17 bits per heavy atom. The molecule has 1 aromatic rings. The van der Waals surface area contributed by atoms with Gasteiger partial charge in [-0.15, -0.1) is 0 Å². The van der Waals surface area contributed by atoms with E-state index in [0.29, 0.717) is 13.2 Å². The molecule has 24 heavy (non-hydrogen) atoms. The Hall–Kier alpha value is -2.30. The second-order valence-corrected chi connectivity index (χ2v) is 6.53. The van der Waals surface area contributed by atoms with Crippen molar-refractivity contribution < 1.29 is 19.1 Å². The molecule has 1 amide bonds. The predicted molar refractivity (Wildman–Crippen MR) is 94.5 cm³/mol. The van der Waals surface area contributed by atoms with Crippen LogP contribution in [0.2, 0.25) is 0 Å². The Balaban J connectivity index is 2.87. The van der Waals surface area contributed by atoms with E-state index in [2.05, 4.69) is 0 Å². The third-order valence-electron chi connectivity index (χ3n) is 2.99. The van der Waals surface area contributed by atoms with E-state index in [1.54, 1.807) is 14.0 Å². The van der Waals surface area contributed by atoms with Crippen molar-refractivity contribution in [2.75, 3.05) is 20.2 Å². The van der Waals surface area contributed by atoms with Gasteiger partial charge in [-0.05, 0) is 38.8 Å². The summed E-state index contributed by atoms with van der Waals surface area (Å²) >= 11 is 0. The van der Waals surface area contributed by atoms with Crippen LogP contribution in [-0.2, 0) is 14.3 Å². The zero-order chi connectivity index (χ0) is 18.2. The number of benzene rings is 1. The highest BCUT2D eigenvalue weighted by Crippen LogP contribution is 2.15. The van der Waals surface area contributed by atoms with Crippen molar-refractivity contribution in [2.24, 2.45) is 0 Å². The smallest absolute Gasteiger partial charge is 0.410 e. The molecule has 132 valence electrons. The summed E-state index contributed by atoms with van der Waals surface area (Å²) in [7, 11) is 1.65. The van der Waals surface area contributed by atoms with Gasteiger partial charge >= 0.3 is 12.1 Å². The third-order valence-corrected chi connectivity index (χ3v) is 2.99. The van der Waals surface area contributed by atoms with Crippen LogP contribution in [0.3, 0.4) is 0 Å². The first-order valence-corrected chi connectivity index (χ1v) is 8.05. The molecule has 0 spiro atoms. The molecule has 0 unspecified atom stereocenters. The van der Waals surface area contributed by atoms with Crippen LogP contribution in [-0.4, -0.2) is 42.8 Å². The van der Waals surface area contributed by atoms with Crippen LogP contribution < -0.4 is 0 Å². The standard InChI is InChI=1S/C19H27NO4/c1-6-23-17(21)13-16(12-15-10-8-7-9-11-15)14-20(5)18(22)24-19(2,3)4/h7-12H,6,13-14H2,1-5H3/b16-12+. The van der Waals surface area contributed by atoms with Crippen molar-refractivity contribution in [1.29, 1.82) is 0 Å². The summed E-state index contributed by atoms with van der Waals surface area (Å²) in [5.74, 6) is -0.308. The third kappa shape index (κ3) is 7.81. The predicted octanol–water partition coefficient (Wildman–Crippen LogP) is 3.89. The van der Waals surface area contributed by atoms with E-state index in [-0.39, 0.29) is 12.4 Å². The number of hydrogen-bond donors (Lipinski definition) is 0. The number of nitrogens with zero attached hydrogens (tertiary/aromatic N) is 1. The van der Waals surface area contributed by atoms with Crippen LogP contribution >= 0.6 is 0 Å². The normalized spacial score (nSPS) is 11.8. The summed E-state index contributed by atoms with van der Waals surface area (Å²) < 4.78 is 10.4. The number of esters is 1. The second kappa shape index (κ2) is 9.11. The Morgan fingerprint density at radius 2 is 1.79 bits per heavy atom. The van der Waals surface area contributed by atoms with Crippen molar-refractivity contribution in [1.82, 2.24) is 4.90 Å². The minimum Gasteiger partial charge on any atom is -0.466 e. The van der Waals surface area contributed by atoms with Crippen LogP contribution in [0.1, 0.15) is 39.7 Å². The highest BCUT2D eigenvalue weighted by atomic mass is 16.6. The van der Waals surface area contributed by atoms with Crippen LogP contribution in [0, 0.1) is 0 Å². The van der Waals surface area contributed by atoms with Crippen molar-refractivity contribution >= 4 is 18.1 Å². The highest BCUT2D eigenvalue weighted by Gasteiger charge is 2.21. The maximum Gasteiger partial charge on any atom is 0.410 e. The Morgan fingerprint density at radius 3 is 2.33 bits per heavy atom. The Bertz CT molecular complexity index is 573. The minimum atomic E-state index is -0.560.